The lowest BCUT2D eigenvalue weighted by molar-refractivity contribution is -0.120. The predicted molar refractivity (Wildman–Crippen MR) is 104 cm³/mol. The van der Waals surface area contributed by atoms with Gasteiger partial charge in [0.1, 0.15) is 0 Å². The first-order chi connectivity index (χ1) is 12.3. The van der Waals surface area contributed by atoms with Gasteiger partial charge in [0.2, 0.25) is 5.91 Å². The van der Waals surface area contributed by atoms with Crippen molar-refractivity contribution >= 4 is 27.3 Å². The number of benzene rings is 2. The number of sulfone groups is 1. The standard InChI is InChI=1S/C19H23ClN2O3S/c1-22(2)14-16-5-3-15(4-6-16)13-21-19(23)11-12-26(24,25)18-9-7-17(20)8-10-18/h3-10H,11-14H2,1-2H3,(H,21,23). The zero-order valence-electron chi connectivity index (χ0n) is 14.9. The normalized spacial score (nSPS) is 11.5. The number of nitrogens with one attached hydrogen (secondary N) is 1. The highest BCUT2D eigenvalue weighted by Gasteiger charge is 2.16. The Balaban J connectivity index is 1.82. The van der Waals surface area contributed by atoms with Crippen LogP contribution < -0.4 is 5.32 Å². The minimum atomic E-state index is -3.50. The van der Waals surface area contributed by atoms with Crippen molar-refractivity contribution in [3.63, 3.8) is 0 Å². The van der Waals surface area contributed by atoms with Crippen molar-refractivity contribution in [2.24, 2.45) is 0 Å². The van der Waals surface area contributed by atoms with Crippen molar-refractivity contribution in [3.05, 3.63) is 64.7 Å². The lowest BCUT2D eigenvalue weighted by atomic mass is 10.1. The Labute approximate surface area is 159 Å². The van der Waals surface area contributed by atoms with Crippen LogP contribution in [-0.4, -0.2) is 39.1 Å². The SMILES string of the molecule is CN(C)Cc1ccc(CNC(=O)CCS(=O)(=O)c2ccc(Cl)cc2)cc1. The molecule has 2 rings (SSSR count). The average molecular weight is 395 g/mol. The maximum absolute atomic E-state index is 12.2. The van der Waals surface area contributed by atoms with Crippen molar-refractivity contribution < 1.29 is 13.2 Å². The summed E-state index contributed by atoms with van der Waals surface area (Å²) < 4.78 is 24.4. The maximum Gasteiger partial charge on any atom is 0.221 e. The molecule has 7 heteroatoms. The smallest absolute Gasteiger partial charge is 0.221 e. The van der Waals surface area contributed by atoms with Gasteiger partial charge in [-0.05, 0) is 49.5 Å². The van der Waals surface area contributed by atoms with Gasteiger partial charge >= 0.3 is 0 Å². The van der Waals surface area contributed by atoms with E-state index in [0.717, 1.165) is 12.1 Å². The molecule has 1 amide bonds. The van der Waals surface area contributed by atoms with Crippen molar-refractivity contribution in [2.75, 3.05) is 19.8 Å². The number of carbonyl (C=O) groups is 1. The molecule has 0 saturated heterocycles. The largest absolute Gasteiger partial charge is 0.352 e. The average Bonchev–Trinajstić information content (AvgIpc) is 2.59. The lowest BCUT2D eigenvalue weighted by Gasteiger charge is -2.10. The minimum absolute atomic E-state index is 0.0797. The highest BCUT2D eigenvalue weighted by atomic mass is 35.5. The summed E-state index contributed by atoms with van der Waals surface area (Å²) in [6.07, 6.45) is -0.0797. The van der Waals surface area contributed by atoms with Crippen LogP contribution in [-0.2, 0) is 27.7 Å². The molecule has 2 aromatic rings. The van der Waals surface area contributed by atoms with E-state index < -0.39 is 9.84 Å². The number of halogens is 1. The summed E-state index contributed by atoms with van der Waals surface area (Å²) in [6.45, 7) is 1.23. The van der Waals surface area contributed by atoms with E-state index in [-0.39, 0.29) is 23.0 Å². The quantitative estimate of drug-likeness (QED) is 0.747. The van der Waals surface area contributed by atoms with Gasteiger partial charge in [-0.3, -0.25) is 4.79 Å². The van der Waals surface area contributed by atoms with E-state index in [0.29, 0.717) is 11.6 Å². The molecule has 0 aliphatic heterocycles. The molecule has 0 aromatic heterocycles. The molecule has 0 radical (unpaired) electrons. The van der Waals surface area contributed by atoms with Crippen LogP contribution in [0, 0.1) is 0 Å². The highest BCUT2D eigenvalue weighted by Crippen LogP contribution is 2.16. The molecule has 0 spiro atoms. The van der Waals surface area contributed by atoms with E-state index in [9.17, 15) is 13.2 Å². The zero-order chi connectivity index (χ0) is 19.2. The molecule has 0 fully saturated rings. The van der Waals surface area contributed by atoms with Gasteiger partial charge in [-0.15, -0.1) is 0 Å². The van der Waals surface area contributed by atoms with E-state index in [2.05, 4.69) is 10.2 Å². The maximum atomic E-state index is 12.2. The molecule has 0 heterocycles. The van der Waals surface area contributed by atoms with E-state index in [4.69, 9.17) is 11.6 Å². The van der Waals surface area contributed by atoms with E-state index >= 15 is 0 Å². The fraction of sp³-hybridized carbons (Fsp3) is 0.316. The number of carbonyl (C=O) groups excluding carboxylic acids is 1. The Bertz CT molecular complexity index is 832. The van der Waals surface area contributed by atoms with Crippen molar-refractivity contribution in [1.29, 1.82) is 0 Å². The molecule has 140 valence electrons. The van der Waals surface area contributed by atoms with Gasteiger partial charge in [-0.2, -0.15) is 0 Å². The molecular weight excluding hydrogens is 372 g/mol. The van der Waals surface area contributed by atoms with Gasteiger partial charge in [0.15, 0.2) is 9.84 Å². The lowest BCUT2D eigenvalue weighted by Crippen LogP contribution is -2.25. The molecule has 2 aromatic carbocycles. The molecule has 0 saturated carbocycles. The van der Waals surface area contributed by atoms with Crippen molar-refractivity contribution in [2.45, 2.75) is 24.4 Å². The van der Waals surface area contributed by atoms with Gasteiger partial charge in [0, 0.05) is 24.5 Å². The second-order valence-corrected chi connectivity index (χ2v) is 8.90. The molecular formula is C19H23ClN2O3S. The van der Waals surface area contributed by atoms with Gasteiger partial charge in [-0.1, -0.05) is 35.9 Å². The first-order valence-corrected chi connectivity index (χ1v) is 10.3. The van der Waals surface area contributed by atoms with Crippen LogP contribution in [0.3, 0.4) is 0 Å². The van der Waals surface area contributed by atoms with Crippen molar-refractivity contribution in [3.8, 4) is 0 Å². The predicted octanol–water partition coefficient (Wildman–Crippen LogP) is 2.88. The van der Waals surface area contributed by atoms with E-state index in [1.165, 1.54) is 29.8 Å². The van der Waals surface area contributed by atoms with Crippen LogP contribution in [0.5, 0.6) is 0 Å². The van der Waals surface area contributed by atoms with Crippen LogP contribution in [0.25, 0.3) is 0 Å². The fourth-order valence-electron chi connectivity index (χ4n) is 2.40. The van der Waals surface area contributed by atoms with Crippen LogP contribution in [0.2, 0.25) is 5.02 Å². The van der Waals surface area contributed by atoms with Crippen LogP contribution in [0.15, 0.2) is 53.4 Å². The van der Waals surface area contributed by atoms with Gasteiger partial charge < -0.3 is 10.2 Å². The Morgan fingerprint density at radius 3 is 2.15 bits per heavy atom. The third-order valence-corrected chi connectivity index (χ3v) is 5.77. The monoisotopic (exact) mass is 394 g/mol. The first kappa shape index (κ1) is 20.4. The number of hydrogen-bond donors (Lipinski definition) is 1. The number of rotatable bonds is 8. The summed E-state index contributed by atoms with van der Waals surface area (Å²) in [5, 5.41) is 3.23. The number of nitrogens with zero attached hydrogens (tertiary/aromatic N) is 1. The van der Waals surface area contributed by atoms with Gasteiger partial charge in [-0.25, -0.2) is 8.42 Å². The number of amides is 1. The Hall–Kier alpha value is -1.89. The summed E-state index contributed by atoms with van der Waals surface area (Å²) in [5.41, 5.74) is 2.17. The van der Waals surface area contributed by atoms with Gasteiger partial charge in [0.05, 0.1) is 10.6 Å². The topological polar surface area (TPSA) is 66.5 Å². The molecule has 0 atom stereocenters. The first-order valence-electron chi connectivity index (χ1n) is 8.24. The summed E-state index contributed by atoms with van der Waals surface area (Å²) in [7, 11) is 0.516. The molecule has 0 aliphatic rings. The van der Waals surface area contributed by atoms with Gasteiger partial charge in [0.25, 0.3) is 0 Å². The Morgan fingerprint density at radius 2 is 1.58 bits per heavy atom. The van der Waals surface area contributed by atoms with Crippen LogP contribution >= 0.6 is 11.6 Å². The second-order valence-electron chi connectivity index (χ2n) is 6.35. The minimum Gasteiger partial charge on any atom is -0.352 e. The molecule has 0 bridgehead atoms. The Kier molecular flexibility index (Phi) is 7.20. The molecule has 0 unspecified atom stereocenters. The summed E-state index contributed by atoms with van der Waals surface area (Å²) in [6, 6.07) is 13.9. The zero-order valence-corrected chi connectivity index (χ0v) is 16.5. The number of hydrogen-bond acceptors (Lipinski definition) is 4. The van der Waals surface area contributed by atoms with E-state index in [1.807, 2.05) is 38.4 Å². The summed E-state index contributed by atoms with van der Waals surface area (Å²) >= 11 is 5.76. The molecule has 1 N–H and O–H groups in total. The van der Waals surface area contributed by atoms with Crippen LogP contribution in [0.4, 0.5) is 0 Å². The highest BCUT2D eigenvalue weighted by molar-refractivity contribution is 7.91. The third-order valence-electron chi connectivity index (χ3n) is 3.78. The Morgan fingerprint density at radius 1 is 1.00 bits per heavy atom. The van der Waals surface area contributed by atoms with E-state index in [1.54, 1.807) is 0 Å². The molecule has 0 aliphatic carbocycles. The van der Waals surface area contributed by atoms with Crippen LogP contribution in [0.1, 0.15) is 17.5 Å². The third kappa shape index (κ3) is 6.44. The molecule has 5 nitrogen and oxygen atoms in total. The second kappa shape index (κ2) is 9.16. The molecule has 26 heavy (non-hydrogen) atoms. The fourth-order valence-corrected chi connectivity index (χ4v) is 3.77. The summed E-state index contributed by atoms with van der Waals surface area (Å²) in [5.74, 6) is -0.526. The summed E-state index contributed by atoms with van der Waals surface area (Å²) in [4.78, 5) is 14.2. The van der Waals surface area contributed by atoms with Crippen molar-refractivity contribution in [1.82, 2.24) is 10.2 Å².